The summed E-state index contributed by atoms with van der Waals surface area (Å²) in [4.78, 5) is 21.0. The van der Waals surface area contributed by atoms with Crippen molar-refractivity contribution in [2.24, 2.45) is 11.7 Å². The molecule has 0 radical (unpaired) electrons. The molecule has 2 N–H and O–H groups in total. The van der Waals surface area contributed by atoms with Crippen LogP contribution in [0.4, 0.5) is 0 Å². The van der Waals surface area contributed by atoms with E-state index in [0.29, 0.717) is 6.42 Å². The number of carbonyl (C=O) groups is 2. The molecule has 1 unspecified atom stereocenters. The SMILES string of the molecule is CCC(CC(N)=O)C(C)=O. The maximum Gasteiger partial charge on any atom is 0.218 e. The summed E-state index contributed by atoms with van der Waals surface area (Å²) in [6, 6.07) is 0. The zero-order valence-electron chi connectivity index (χ0n) is 6.39. The van der Waals surface area contributed by atoms with Gasteiger partial charge < -0.3 is 5.73 Å². The second kappa shape index (κ2) is 4.04. The van der Waals surface area contributed by atoms with Crippen LogP contribution in [0, 0.1) is 5.92 Å². The molecule has 0 bridgehead atoms. The largest absolute Gasteiger partial charge is 0.370 e. The first-order chi connectivity index (χ1) is 4.57. The minimum Gasteiger partial charge on any atom is -0.370 e. The Morgan fingerprint density at radius 1 is 1.50 bits per heavy atom. The zero-order chi connectivity index (χ0) is 8.15. The Hall–Kier alpha value is -0.860. The summed E-state index contributed by atoms with van der Waals surface area (Å²) in [5, 5.41) is 0. The highest BCUT2D eigenvalue weighted by molar-refractivity contribution is 5.84. The average molecular weight is 143 g/mol. The van der Waals surface area contributed by atoms with Crippen molar-refractivity contribution in [3.05, 3.63) is 0 Å². The van der Waals surface area contributed by atoms with Gasteiger partial charge in [-0.3, -0.25) is 9.59 Å². The second-order valence-electron chi connectivity index (χ2n) is 2.39. The first kappa shape index (κ1) is 9.14. The molecular weight excluding hydrogens is 130 g/mol. The lowest BCUT2D eigenvalue weighted by Crippen LogP contribution is -2.20. The fourth-order valence-electron chi connectivity index (χ4n) is 0.818. The van der Waals surface area contributed by atoms with E-state index in [9.17, 15) is 9.59 Å². The smallest absolute Gasteiger partial charge is 0.218 e. The summed E-state index contributed by atoms with van der Waals surface area (Å²) in [6.07, 6.45) is 0.879. The van der Waals surface area contributed by atoms with Gasteiger partial charge in [0, 0.05) is 12.3 Å². The molecule has 0 heterocycles. The molecule has 0 aliphatic heterocycles. The predicted molar refractivity (Wildman–Crippen MR) is 38.3 cm³/mol. The molecule has 3 heteroatoms. The van der Waals surface area contributed by atoms with Gasteiger partial charge in [-0.05, 0) is 13.3 Å². The molecule has 0 saturated carbocycles. The van der Waals surface area contributed by atoms with Crippen molar-refractivity contribution in [1.29, 1.82) is 0 Å². The molecule has 58 valence electrons. The Labute approximate surface area is 60.6 Å². The molecule has 0 aromatic heterocycles. The lowest BCUT2D eigenvalue weighted by atomic mass is 9.98. The second-order valence-corrected chi connectivity index (χ2v) is 2.39. The van der Waals surface area contributed by atoms with Gasteiger partial charge in [0.25, 0.3) is 0 Å². The molecule has 10 heavy (non-hydrogen) atoms. The molecule has 0 rings (SSSR count). The number of primary amides is 1. The Kier molecular flexibility index (Phi) is 3.69. The molecule has 0 spiro atoms. The third-order valence-electron chi connectivity index (χ3n) is 1.52. The molecule has 0 fully saturated rings. The number of rotatable bonds is 4. The van der Waals surface area contributed by atoms with E-state index in [1.54, 1.807) is 0 Å². The van der Waals surface area contributed by atoms with Gasteiger partial charge in [0.1, 0.15) is 5.78 Å². The number of hydrogen-bond acceptors (Lipinski definition) is 2. The summed E-state index contributed by atoms with van der Waals surface area (Å²) < 4.78 is 0. The highest BCUT2D eigenvalue weighted by atomic mass is 16.1. The van der Waals surface area contributed by atoms with Crippen LogP contribution >= 0.6 is 0 Å². The molecule has 3 nitrogen and oxygen atoms in total. The Morgan fingerprint density at radius 2 is 2.00 bits per heavy atom. The summed E-state index contributed by atoms with van der Waals surface area (Å²) in [5.74, 6) is -0.527. The molecule has 0 aliphatic carbocycles. The van der Waals surface area contributed by atoms with Crippen LogP contribution in [0.15, 0.2) is 0 Å². The van der Waals surface area contributed by atoms with Gasteiger partial charge in [0.15, 0.2) is 0 Å². The van der Waals surface area contributed by atoms with E-state index in [-0.39, 0.29) is 18.1 Å². The van der Waals surface area contributed by atoms with Gasteiger partial charge >= 0.3 is 0 Å². The van der Waals surface area contributed by atoms with Crippen LogP contribution in [0.25, 0.3) is 0 Å². The number of Topliss-reactive ketones (excluding diaryl/α,β-unsaturated/α-hetero) is 1. The molecule has 0 aromatic rings. The van der Waals surface area contributed by atoms with Gasteiger partial charge in [-0.15, -0.1) is 0 Å². The third-order valence-corrected chi connectivity index (χ3v) is 1.52. The summed E-state index contributed by atoms with van der Waals surface area (Å²) in [6.45, 7) is 3.35. The van der Waals surface area contributed by atoms with Crippen LogP contribution < -0.4 is 5.73 Å². The van der Waals surface area contributed by atoms with Crippen molar-refractivity contribution in [2.45, 2.75) is 26.7 Å². The van der Waals surface area contributed by atoms with Crippen molar-refractivity contribution in [3.8, 4) is 0 Å². The van der Waals surface area contributed by atoms with Crippen LogP contribution in [0.1, 0.15) is 26.7 Å². The minimum absolute atomic E-state index is 0.0429. The Balaban J connectivity index is 3.83. The standard InChI is InChI=1S/C7H13NO2/c1-3-6(5(2)9)4-7(8)10/h6H,3-4H2,1-2H3,(H2,8,10). The van der Waals surface area contributed by atoms with Crippen molar-refractivity contribution in [3.63, 3.8) is 0 Å². The van der Waals surface area contributed by atoms with Crippen LogP contribution in [-0.4, -0.2) is 11.7 Å². The van der Waals surface area contributed by atoms with Crippen molar-refractivity contribution < 1.29 is 9.59 Å². The van der Waals surface area contributed by atoms with Crippen LogP contribution in [0.5, 0.6) is 0 Å². The number of nitrogens with two attached hydrogens (primary N) is 1. The molecular formula is C7H13NO2. The summed E-state index contributed by atoms with van der Waals surface area (Å²) >= 11 is 0. The van der Waals surface area contributed by atoms with Crippen molar-refractivity contribution in [2.75, 3.05) is 0 Å². The van der Waals surface area contributed by atoms with E-state index in [1.807, 2.05) is 6.92 Å². The van der Waals surface area contributed by atoms with Gasteiger partial charge in [0.2, 0.25) is 5.91 Å². The monoisotopic (exact) mass is 143 g/mol. The molecule has 0 saturated heterocycles. The zero-order valence-corrected chi connectivity index (χ0v) is 6.39. The molecule has 1 amide bonds. The van der Waals surface area contributed by atoms with E-state index in [2.05, 4.69) is 0 Å². The fourth-order valence-corrected chi connectivity index (χ4v) is 0.818. The number of hydrogen-bond donors (Lipinski definition) is 1. The van der Waals surface area contributed by atoms with E-state index in [1.165, 1.54) is 6.92 Å². The van der Waals surface area contributed by atoms with E-state index in [4.69, 9.17) is 5.73 Å². The van der Waals surface area contributed by atoms with Gasteiger partial charge in [0.05, 0.1) is 0 Å². The number of carbonyl (C=O) groups excluding carboxylic acids is 2. The van der Waals surface area contributed by atoms with E-state index in [0.717, 1.165) is 0 Å². The quantitative estimate of drug-likeness (QED) is 0.622. The van der Waals surface area contributed by atoms with Crippen molar-refractivity contribution in [1.82, 2.24) is 0 Å². The van der Waals surface area contributed by atoms with Gasteiger partial charge in [-0.1, -0.05) is 6.92 Å². The predicted octanol–water partition coefficient (Wildman–Crippen LogP) is 0.477. The Morgan fingerprint density at radius 3 is 2.10 bits per heavy atom. The maximum atomic E-state index is 10.7. The summed E-state index contributed by atoms with van der Waals surface area (Å²) in [5.41, 5.74) is 4.92. The van der Waals surface area contributed by atoms with Crippen LogP contribution in [0.2, 0.25) is 0 Å². The van der Waals surface area contributed by atoms with Gasteiger partial charge in [-0.2, -0.15) is 0 Å². The van der Waals surface area contributed by atoms with E-state index >= 15 is 0 Å². The fraction of sp³-hybridized carbons (Fsp3) is 0.714. The lowest BCUT2D eigenvalue weighted by molar-refractivity contribution is -0.126. The highest BCUT2D eigenvalue weighted by Crippen LogP contribution is 2.07. The minimum atomic E-state index is -0.401. The lowest BCUT2D eigenvalue weighted by Gasteiger charge is -2.06. The Bertz CT molecular complexity index is 143. The number of ketones is 1. The van der Waals surface area contributed by atoms with Crippen molar-refractivity contribution >= 4 is 11.7 Å². The summed E-state index contributed by atoms with van der Waals surface area (Å²) in [7, 11) is 0. The molecule has 1 atom stereocenters. The average Bonchev–Trinajstić information content (AvgIpc) is 1.81. The first-order valence-electron chi connectivity index (χ1n) is 3.36. The highest BCUT2D eigenvalue weighted by Gasteiger charge is 2.13. The topological polar surface area (TPSA) is 60.2 Å². The normalized spacial score (nSPS) is 12.6. The maximum absolute atomic E-state index is 10.7. The van der Waals surface area contributed by atoms with Crippen LogP contribution in [0.3, 0.4) is 0 Å². The van der Waals surface area contributed by atoms with E-state index < -0.39 is 5.91 Å². The third kappa shape index (κ3) is 3.22. The van der Waals surface area contributed by atoms with Crippen LogP contribution in [-0.2, 0) is 9.59 Å². The first-order valence-corrected chi connectivity index (χ1v) is 3.36. The number of amides is 1. The van der Waals surface area contributed by atoms with Gasteiger partial charge in [-0.25, -0.2) is 0 Å². The molecule has 0 aliphatic rings. The molecule has 0 aromatic carbocycles.